The maximum Gasteiger partial charge on any atom is 0.255 e. The Bertz CT molecular complexity index is 899. The van der Waals surface area contributed by atoms with Gasteiger partial charge in [0.25, 0.3) is 5.91 Å². The SMILES string of the molecule is CN(Cc1ccccc1)c1ccc(NC(=O)c2ccc(F)c(F)c2)cn1. The van der Waals surface area contributed by atoms with Gasteiger partial charge in [0.15, 0.2) is 11.6 Å². The van der Waals surface area contributed by atoms with Crippen LogP contribution in [0.15, 0.2) is 66.9 Å². The molecule has 1 amide bonds. The summed E-state index contributed by atoms with van der Waals surface area (Å²) in [5.74, 6) is -1.83. The number of hydrogen-bond acceptors (Lipinski definition) is 3. The Balaban J connectivity index is 1.65. The summed E-state index contributed by atoms with van der Waals surface area (Å²) in [5, 5.41) is 2.61. The van der Waals surface area contributed by atoms with Crippen LogP contribution in [0.2, 0.25) is 0 Å². The van der Waals surface area contributed by atoms with Crippen molar-refractivity contribution in [1.29, 1.82) is 0 Å². The van der Waals surface area contributed by atoms with Crippen LogP contribution in [0.3, 0.4) is 0 Å². The monoisotopic (exact) mass is 353 g/mol. The summed E-state index contributed by atoms with van der Waals surface area (Å²) in [6.45, 7) is 0.703. The van der Waals surface area contributed by atoms with Crippen molar-refractivity contribution in [3.05, 3.63) is 89.6 Å². The molecule has 1 heterocycles. The van der Waals surface area contributed by atoms with E-state index in [1.165, 1.54) is 12.3 Å². The molecule has 0 spiro atoms. The molecule has 0 bridgehead atoms. The molecule has 0 fully saturated rings. The number of halogens is 2. The Labute approximate surface area is 150 Å². The zero-order chi connectivity index (χ0) is 18.5. The first-order valence-corrected chi connectivity index (χ1v) is 8.00. The van der Waals surface area contributed by atoms with Crippen molar-refractivity contribution in [2.45, 2.75) is 6.54 Å². The lowest BCUT2D eigenvalue weighted by Crippen LogP contribution is -2.18. The smallest absolute Gasteiger partial charge is 0.255 e. The van der Waals surface area contributed by atoms with Crippen LogP contribution in [0.4, 0.5) is 20.3 Å². The van der Waals surface area contributed by atoms with Crippen LogP contribution in [0, 0.1) is 11.6 Å². The van der Waals surface area contributed by atoms with E-state index in [9.17, 15) is 13.6 Å². The third kappa shape index (κ3) is 4.22. The fourth-order valence-electron chi connectivity index (χ4n) is 2.46. The van der Waals surface area contributed by atoms with Crippen LogP contribution < -0.4 is 10.2 Å². The van der Waals surface area contributed by atoms with E-state index < -0.39 is 17.5 Å². The van der Waals surface area contributed by atoms with Crippen LogP contribution >= 0.6 is 0 Å². The number of carbonyl (C=O) groups is 1. The molecule has 1 N–H and O–H groups in total. The molecule has 0 saturated carbocycles. The number of pyridine rings is 1. The average molecular weight is 353 g/mol. The lowest BCUT2D eigenvalue weighted by molar-refractivity contribution is 0.102. The molecule has 0 atom stereocenters. The number of rotatable bonds is 5. The molecule has 3 rings (SSSR count). The minimum absolute atomic E-state index is 0.0363. The van der Waals surface area contributed by atoms with Gasteiger partial charge in [0.1, 0.15) is 5.82 Å². The fourth-order valence-corrected chi connectivity index (χ4v) is 2.46. The molecule has 0 aliphatic carbocycles. The lowest BCUT2D eigenvalue weighted by atomic mass is 10.2. The van der Waals surface area contributed by atoms with Crippen LogP contribution in [-0.2, 0) is 6.54 Å². The van der Waals surface area contributed by atoms with Crippen molar-refractivity contribution in [1.82, 2.24) is 4.98 Å². The molecular weight excluding hydrogens is 336 g/mol. The second kappa shape index (κ2) is 7.74. The van der Waals surface area contributed by atoms with Gasteiger partial charge in [-0.3, -0.25) is 4.79 Å². The minimum Gasteiger partial charge on any atom is -0.355 e. The van der Waals surface area contributed by atoms with E-state index in [4.69, 9.17) is 0 Å². The molecule has 0 radical (unpaired) electrons. The number of carbonyl (C=O) groups excluding carboxylic acids is 1. The van der Waals surface area contributed by atoms with E-state index in [1.807, 2.05) is 42.3 Å². The normalized spacial score (nSPS) is 10.4. The van der Waals surface area contributed by atoms with Gasteiger partial charge in [0.2, 0.25) is 0 Å². The number of anilines is 2. The van der Waals surface area contributed by atoms with Crippen LogP contribution in [0.5, 0.6) is 0 Å². The molecule has 26 heavy (non-hydrogen) atoms. The Morgan fingerprint density at radius 3 is 2.46 bits per heavy atom. The predicted octanol–water partition coefficient (Wildman–Crippen LogP) is 4.25. The molecular formula is C20H17F2N3O. The Hall–Kier alpha value is -3.28. The predicted molar refractivity (Wildman–Crippen MR) is 97.1 cm³/mol. The lowest BCUT2D eigenvalue weighted by Gasteiger charge is -2.18. The van der Waals surface area contributed by atoms with E-state index in [0.717, 1.165) is 23.5 Å². The van der Waals surface area contributed by atoms with E-state index >= 15 is 0 Å². The minimum atomic E-state index is -1.06. The van der Waals surface area contributed by atoms with Gasteiger partial charge in [0, 0.05) is 19.2 Å². The highest BCUT2D eigenvalue weighted by Gasteiger charge is 2.11. The van der Waals surface area contributed by atoms with E-state index in [2.05, 4.69) is 10.3 Å². The summed E-state index contributed by atoms with van der Waals surface area (Å²) in [4.78, 5) is 18.4. The van der Waals surface area contributed by atoms with Gasteiger partial charge in [-0.15, -0.1) is 0 Å². The zero-order valence-electron chi connectivity index (χ0n) is 14.1. The largest absolute Gasteiger partial charge is 0.355 e. The van der Waals surface area contributed by atoms with Crippen molar-refractivity contribution in [3.63, 3.8) is 0 Å². The van der Waals surface area contributed by atoms with Crippen LogP contribution in [0.1, 0.15) is 15.9 Å². The molecule has 6 heteroatoms. The summed E-state index contributed by atoms with van der Waals surface area (Å²) in [6.07, 6.45) is 1.52. The highest BCUT2D eigenvalue weighted by atomic mass is 19.2. The quantitative estimate of drug-likeness (QED) is 0.746. The van der Waals surface area contributed by atoms with Crippen molar-refractivity contribution in [2.75, 3.05) is 17.3 Å². The van der Waals surface area contributed by atoms with Gasteiger partial charge in [-0.25, -0.2) is 13.8 Å². The Morgan fingerprint density at radius 1 is 1.04 bits per heavy atom. The number of aromatic nitrogens is 1. The van der Waals surface area contributed by atoms with Crippen molar-refractivity contribution >= 4 is 17.4 Å². The van der Waals surface area contributed by atoms with Crippen molar-refractivity contribution in [2.24, 2.45) is 0 Å². The van der Waals surface area contributed by atoms with Crippen LogP contribution in [-0.4, -0.2) is 17.9 Å². The van der Waals surface area contributed by atoms with Gasteiger partial charge >= 0.3 is 0 Å². The van der Waals surface area contributed by atoms with Gasteiger partial charge in [-0.1, -0.05) is 30.3 Å². The molecule has 1 aromatic heterocycles. The second-order valence-corrected chi connectivity index (χ2v) is 5.83. The number of hydrogen-bond donors (Lipinski definition) is 1. The second-order valence-electron chi connectivity index (χ2n) is 5.83. The molecule has 3 aromatic rings. The maximum absolute atomic E-state index is 13.2. The standard InChI is InChI=1S/C20H17F2N3O/c1-25(13-14-5-3-2-4-6-14)19-10-8-16(12-23-19)24-20(26)15-7-9-17(21)18(22)11-15/h2-12H,13H2,1H3,(H,24,26). The average Bonchev–Trinajstić information content (AvgIpc) is 2.65. The molecule has 0 unspecified atom stereocenters. The first kappa shape index (κ1) is 17.5. The third-order valence-electron chi connectivity index (χ3n) is 3.84. The summed E-state index contributed by atoms with van der Waals surface area (Å²) in [5.41, 5.74) is 1.67. The molecule has 0 saturated heterocycles. The van der Waals surface area contributed by atoms with Crippen molar-refractivity contribution in [3.8, 4) is 0 Å². The van der Waals surface area contributed by atoms with Gasteiger partial charge in [0.05, 0.1) is 11.9 Å². The molecule has 132 valence electrons. The van der Waals surface area contributed by atoms with Gasteiger partial charge in [-0.2, -0.15) is 0 Å². The third-order valence-corrected chi connectivity index (χ3v) is 3.84. The topological polar surface area (TPSA) is 45.2 Å². The molecule has 2 aromatic carbocycles. The summed E-state index contributed by atoms with van der Waals surface area (Å²) in [6, 6.07) is 16.5. The van der Waals surface area contributed by atoms with E-state index in [0.29, 0.717) is 12.2 Å². The molecule has 4 nitrogen and oxygen atoms in total. The summed E-state index contributed by atoms with van der Waals surface area (Å²) < 4.78 is 26.2. The number of nitrogens with zero attached hydrogens (tertiary/aromatic N) is 2. The number of nitrogens with one attached hydrogen (secondary N) is 1. The Kier molecular flexibility index (Phi) is 5.22. The molecule has 0 aliphatic rings. The highest BCUT2D eigenvalue weighted by Crippen LogP contribution is 2.17. The van der Waals surface area contributed by atoms with Crippen molar-refractivity contribution < 1.29 is 13.6 Å². The van der Waals surface area contributed by atoms with E-state index in [-0.39, 0.29) is 5.56 Å². The van der Waals surface area contributed by atoms with E-state index in [1.54, 1.807) is 12.1 Å². The van der Waals surface area contributed by atoms with Gasteiger partial charge in [-0.05, 0) is 35.9 Å². The number of benzene rings is 2. The van der Waals surface area contributed by atoms with Crippen LogP contribution in [0.25, 0.3) is 0 Å². The van der Waals surface area contributed by atoms with Gasteiger partial charge < -0.3 is 10.2 Å². The number of amides is 1. The maximum atomic E-state index is 13.2. The summed E-state index contributed by atoms with van der Waals surface area (Å²) >= 11 is 0. The first-order chi connectivity index (χ1) is 12.5. The zero-order valence-corrected chi connectivity index (χ0v) is 14.1. The highest BCUT2D eigenvalue weighted by molar-refractivity contribution is 6.04. The first-order valence-electron chi connectivity index (χ1n) is 8.00. The fraction of sp³-hybridized carbons (Fsp3) is 0.100. The summed E-state index contributed by atoms with van der Waals surface area (Å²) in [7, 11) is 1.93. The molecule has 0 aliphatic heterocycles. The Morgan fingerprint density at radius 2 is 1.81 bits per heavy atom.